The molecule has 0 saturated carbocycles. The lowest BCUT2D eigenvalue weighted by atomic mass is 10.3. The van der Waals surface area contributed by atoms with E-state index in [1.807, 2.05) is 32.0 Å². The standard InChI is InChI=1S/C13H18FNOS/c1-4-15(5-2)12(16)13(3,14)17-11-9-7-6-8-10-11/h6-10H,4-5H2,1-3H3. The van der Waals surface area contributed by atoms with Crippen molar-refractivity contribution >= 4 is 17.7 Å². The maximum absolute atomic E-state index is 14.4. The van der Waals surface area contributed by atoms with E-state index in [1.165, 1.54) is 11.8 Å². The van der Waals surface area contributed by atoms with Gasteiger partial charge in [0.2, 0.25) is 5.00 Å². The first-order valence-electron chi connectivity index (χ1n) is 5.73. The molecule has 1 rings (SSSR count). The largest absolute Gasteiger partial charge is 0.340 e. The van der Waals surface area contributed by atoms with Gasteiger partial charge in [0.1, 0.15) is 0 Å². The molecule has 0 aliphatic rings. The summed E-state index contributed by atoms with van der Waals surface area (Å²) in [7, 11) is 0. The summed E-state index contributed by atoms with van der Waals surface area (Å²) < 4.78 is 14.4. The predicted octanol–water partition coefficient (Wildman–Crippen LogP) is 3.33. The summed E-state index contributed by atoms with van der Waals surface area (Å²) in [6, 6.07) is 9.14. The SMILES string of the molecule is CCN(CC)C(=O)C(C)(F)Sc1ccccc1. The van der Waals surface area contributed by atoms with Gasteiger partial charge >= 0.3 is 0 Å². The summed E-state index contributed by atoms with van der Waals surface area (Å²) in [6.45, 7) is 6.09. The molecule has 0 N–H and O–H groups in total. The second-order valence-corrected chi connectivity index (χ2v) is 5.25. The Morgan fingerprint density at radius 3 is 2.29 bits per heavy atom. The lowest BCUT2D eigenvalue weighted by Crippen LogP contribution is -2.42. The number of carbonyl (C=O) groups is 1. The average Bonchev–Trinajstić information content (AvgIpc) is 2.31. The molecular formula is C13H18FNOS. The lowest BCUT2D eigenvalue weighted by molar-refractivity contribution is -0.137. The van der Waals surface area contributed by atoms with E-state index < -0.39 is 10.9 Å². The fraction of sp³-hybridized carbons (Fsp3) is 0.462. The smallest absolute Gasteiger partial charge is 0.270 e. The van der Waals surface area contributed by atoms with Crippen LogP contribution in [0.2, 0.25) is 0 Å². The van der Waals surface area contributed by atoms with Crippen LogP contribution in [0.5, 0.6) is 0 Å². The zero-order valence-electron chi connectivity index (χ0n) is 10.4. The molecule has 0 fully saturated rings. The lowest BCUT2D eigenvalue weighted by Gasteiger charge is -2.26. The van der Waals surface area contributed by atoms with Crippen molar-refractivity contribution in [3.63, 3.8) is 0 Å². The van der Waals surface area contributed by atoms with Crippen molar-refractivity contribution in [3.8, 4) is 0 Å². The molecule has 1 aromatic carbocycles. The zero-order chi connectivity index (χ0) is 12.9. The Bertz CT molecular complexity index is 363. The number of hydrogen-bond acceptors (Lipinski definition) is 2. The van der Waals surface area contributed by atoms with Gasteiger partial charge in [0.25, 0.3) is 5.91 Å². The van der Waals surface area contributed by atoms with Crippen LogP contribution in [0.15, 0.2) is 35.2 Å². The topological polar surface area (TPSA) is 20.3 Å². The molecular weight excluding hydrogens is 237 g/mol. The van der Waals surface area contributed by atoms with Crippen molar-refractivity contribution in [2.75, 3.05) is 13.1 Å². The van der Waals surface area contributed by atoms with Crippen LogP contribution in [0, 0.1) is 0 Å². The Labute approximate surface area is 106 Å². The third kappa shape index (κ3) is 3.73. The van der Waals surface area contributed by atoms with E-state index in [1.54, 1.807) is 12.1 Å². The number of nitrogens with zero attached hydrogens (tertiary/aromatic N) is 1. The van der Waals surface area contributed by atoms with Crippen molar-refractivity contribution in [2.45, 2.75) is 30.7 Å². The van der Waals surface area contributed by atoms with Crippen molar-refractivity contribution in [1.82, 2.24) is 4.90 Å². The van der Waals surface area contributed by atoms with Gasteiger partial charge in [0, 0.05) is 18.0 Å². The van der Waals surface area contributed by atoms with E-state index in [0.717, 1.165) is 16.7 Å². The Morgan fingerprint density at radius 2 is 1.82 bits per heavy atom. The number of hydrogen-bond donors (Lipinski definition) is 0. The molecule has 2 nitrogen and oxygen atoms in total. The fourth-order valence-corrected chi connectivity index (χ4v) is 2.50. The van der Waals surface area contributed by atoms with Gasteiger partial charge in [-0.05, 0) is 32.9 Å². The summed E-state index contributed by atoms with van der Waals surface area (Å²) in [6.07, 6.45) is 0. The van der Waals surface area contributed by atoms with Crippen LogP contribution in [0.1, 0.15) is 20.8 Å². The Morgan fingerprint density at radius 1 is 1.29 bits per heavy atom. The molecule has 0 aliphatic carbocycles. The molecule has 1 aromatic rings. The molecule has 0 aliphatic heterocycles. The highest BCUT2D eigenvalue weighted by Crippen LogP contribution is 2.35. The Balaban J connectivity index is 2.77. The maximum Gasteiger partial charge on any atom is 0.270 e. The normalized spacial score (nSPS) is 14.1. The molecule has 1 atom stereocenters. The third-order valence-corrected chi connectivity index (χ3v) is 3.55. The molecule has 0 heterocycles. The summed E-state index contributed by atoms with van der Waals surface area (Å²) in [4.78, 5) is 14.2. The minimum atomic E-state index is -1.91. The van der Waals surface area contributed by atoms with Crippen LogP contribution in [0.3, 0.4) is 0 Å². The van der Waals surface area contributed by atoms with Gasteiger partial charge in [-0.25, -0.2) is 4.39 Å². The molecule has 0 spiro atoms. The molecule has 0 bridgehead atoms. The first-order valence-corrected chi connectivity index (χ1v) is 6.55. The average molecular weight is 255 g/mol. The molecule has 0 aromatic heterocycles. The molecule has 0 radical (unpaired) electrons. The fourth-order valence-electron chi connectivity index (χ4n) is 1.55. The van der Waals surface area contributed by atoms with Crippen LogP contribution < -0.4 is 0 Å². The first kappa shape index (κ1) is 14.0. The van der Waals surface area contributed by atoms with Crippen LogP contribution in [0.4, 0.5) is 4.39 Å². The zero-order valence-corrected chi connectivity index (χ0v) is 11.3. The number of halogens is 1. The Kier molecular flexibility index (Phi) is 5.00. The number of benzene rings is 1. The van der Waals surface area contributed by atoms with Gasteiger partial charge in [-0.3, -0.25) is 4.79 Å². The number of amides is 1. The minimum Gasteiger partial charge on any atom is -0.340 e. The van der Waals surface area contributed by atoms with E-state index in [-0.39, 0.29) is 0 Å². The summed E-state index contributed by atoms with van der Waals surface area (Å²) in [5, 5.41) is -1.91. The highest BCUT2D eigenvalue weighted by molar-refractivity contribution is 8.01. The van der Waals surface area contributed by atoms with E-state index >= 15 is 0 Å². The number of rotatable bonds is 5. The minimum absolute atomic E-state index is 0.462. The van der Waals surface area contributed by atoms with Crippen LogP contribution in [-0.4, -0.2) is 28.9 Å². The molecule has 4 heteroatoms. The van der Waals surface area contributed by atoms with Crippen molar-refractivity contribution < 1.29 is 9.18 Å². The number of carbonyl (C=O) groups excluding carboxylic acids is 1. The molecule has 1 amide bonds. The Hall–Kier alpha value is -1.03. The van der Waals surface area contributed by atoms with Gasteiger partial charge in [-0.2, -0.15) is 0 Å². The summed E-state index contributed by atoms with van der Waals surface area (Å²) in [5.41, 5.74) is 0. The van der Waals surface area contributed by atoms with Crippen LogP contribution in [0.25, 0.3) is 0 Å². The third-order valence-electron chi connectivity index (χ3n) is 2.49. The maximum atomic E-state index is 14.4. The van der Waals surface area contributed by atoms with E-state index in [0.29, 0.717) is 13.1 Å². The summed E-state index contributed by atoms with van der Waals surface area (Å²) in [5.74, 6) is -0.462. The molecule has 17 heavy (non-hydrogen) atoms. The quantitative estimate of drug-likeness (QED) is 0.752. The van der Waals surface area contributed by atoms with Crippen LogP contribution >= 0.6 is 11.8 Å². The highest BCUT2D eigenvalue weighted by Gasteiger charge is 2.37. The van der Waals surface area contributed by atoms with Gasteiger partial charge in [-0.15, -0.1) is 0 Å². The van der Waals surface area contributed by atoms with Gasteiger partial charge < -0.3 is 4.90 Å². The van der Waals surface area contributed by atoms with Gasteiger partial charge in [0.15, 0.2) is 0 Å². The molecule has 1 unspecified atom stereocenters. The highest BCUT2D eigenvalue weighted by atomic mass is 32.2. The van der Waals surface area contributed by atoms with Crippen LogP contribution in [-0.2, 0) is 4.79 Å². The summed E-state index contributed by atoms with van der Waals surface area (Å²) >= 11 is 0.955. The van der Waals surface area contributed by atoms with Gasteiger partial charge in [0.05, 0.1) is 0 Å². The molecule has 94 valence electrons. The van der Waals surface area contributed by atoms with E-state index in [2.05, 4.69) is 0 Å². The monoisotopic (exact) mass is 255 g/mol. The first-order chi connectivity index (χ1) is 8.01. The predicted molar refractivity (Wildman–Crippen MR) is 69.7 cm³/mol. The molecule has 0 saturated heterocycles. The van der Waals surface area contributed by atoms with Gasteiger partial charge in [-0.1, -0.05) is 30.0 Å². The van der Waals surface area contributed by atoms with Crippen molar-refractivity contribution in [1.29, 1.82) is 0 Å². The van der Waals surface area contributed by atoms with Crippen molar-refractivity contribution in [3.05, 3.63) is 30.3 Å². The second-order valence-electron chi connectivity index (χ2n) is 3.81. The number of alkyl halides is 1. The van der Waals surface area contributed by atoms with E-state index in [9.17, 15) is 9.18 Å². The number of thioether (sulfide) groups is 1. The van der Waals surface area contributed by atoms with Crippen molar-refractivity contribution in [2.24, 2.45) is 0 Å². The second kappa shape index (κ2) is 6.05. The van der Waals surface area contributed by atoms with E-state index in [4.69, 9.17) is 0 Å².